The van der Waals surface area contributed by atoms with Crippen molar-refractivity contribution in [2.75, 3.05) is 0 Å². The summed E-state index contributed by atoms with van der Waals surface area (Å²) in [5.74, 6) is 0.289. The summed E-state index contributed by atoms with van der Waals surface area (Å²) in [6.07, 6.45) is 1.70. The predicted molar refractivity (Wildman–Crippen MR) is 133 cm³/mol. The maximum Gasteiger partial charge on any atom is 0.293 e. The molecule has 32 heavy (non-hydrogen) atoms. The van der Waals surface area contributed by atoms with Gasteiger partial charge in [-0.05, 0) is 54.6 Å². The minimum atomic E-state index is -0.307. The first-order valence-electron chi connectivity index (χ1n) is 9.87. The molecule has 4 rings (SSSR count). The molecule has 3 aromatic carbocycles. The Balaban J connectivity index is 1.56. The normalized spacial score (nSPS) is 15.0. The lowest BCUT2D eigenvalue weighted by Gasteiger charge is -2.13. The highest BCUT2D eigenvalue weighted by Gasteiger charge is 2.35. The fourth-order valence-corrected chi connectivity index (χ4v) is 4.70. The Morgan fingerprint density at radius 1 is 1.06 bits per heavy atom. The number of halogens is 2. The van der Waals surface area contributed by atoms with E-state index in [-0.39, 0.29) is 24.3 Å². The highest BCUT2D eigenvalue weighted by molar-refractivity contribution is 9.10. The number of amides is 2. The van der Waals surface area contributed by atoms with Gasteiger partial charge in [-0.2, -0.15) is 0 Å². The second-order valence-electron chi connectivity index (χ2n) is 7.32. The van der Waals surface area contributed by atoms with Crippen LogP contribution >= 0.6 is 39.3 Å². The van der Waals surface area contributed by atoms with Crippen LogP contribution in [0.5, 0.6) is 5.75 Å². The quantitative estimate of drug-likeness (QED) is 0.317. The van der Waals surface area contributed by atoms with Crippen LogP contribution in [0.4, 0.5) is 4.79 Å². The molecule has 0 bridgehead atoms. The number of rotatable bonds is 6. The second kappa shape index (κ2) is 9.94. The van der Waals surface area contributed by atoms with E-state index in [1.165, 1.54) is 4.90 Å². The standard InChI is InChI=1S/C25H19BrClNO3S/c1-16-5-4-6-17(11-16)14-28-24(29)23(32-25(28)30)13-19-12-20(26)9-10-22(19)31-15-18-7-2-3-8-21(18)27/h2-13H,14-15H2,1H3/b23-13-. The molecule has 2 amide bonds. The molecule has 162 valence electrons. The fourth-order valence-electron chi connectivity index (χ4n) is 3.31. The molecule has 0 aliphatic carbocycles. The molecule has 3 aromatic rings. The Labute approximate surface area is 204 Å². The Bertz CT molecular complexity index is 1230. The van der Waals surface area contributed by atoms with Crippen molar-refractivity contribution in [3.05, 3.63) is 103 Å². The van der Waals surface area contributed by atoms with Gasteiger partial charge in [0.1, 0.15) is 12.4 Å². The van der Waals surface area contributed by atoms with E-state index in [9.17, 15) is 9.59 Å². The number of ether oxygens (including phenoxy) is 1. The Hall–Kier alpha value is -2.54. The van der Waals surface area contributed by atoms with Crippen molar-refractivity contribution >= 4 is 56.5 Å². The summed E-state index contributed by atoms with van der Waals surface area (Å²) in [7, 11) is 0. The van der Waals surface area contributed by atoms with Gasteiger partial charge in [0, 0.05) is 20.6 Å². The summed E-state index contributed by atoms with van der Waals surface area (Å²) in [4.78, 5) is 27.2. The molecular weight excluding hydrogens is 510 g/mol. The summed E-state index contributed by atoms with van der Waals surface area (Å²) >= 11 is 10.6. The van der Waals surface area contributed by atoms with E-state index in [0.717, 1.165) is 32.9 Å². The molecule has 0 spiro atoms. The van der Waals surface area contributed by atoms with Crippen molar-refractivity contribution in [2.24, 2.45) is 0 Å². The zero-order chi connectivity index (χ0) is 22.7. The zero-order valence-corrected chi connectivity index (χ0v) is 20.3. The molecule has 1 fully saturated rings. The summed E-state index contributed by atoms with van der Waals surface area (Å²) in [6.45, 7) is 2.52. The van der Waals surface area contributed by atoms with Crippen molar-refractivity contribution in [1.82, 2.24) is 4.90 Å². The van der Waals surface area contributed by atoms with Gasteiger partial charge in [0.25, 0.3) is 11.1 Å². The largest absolute Gasteiger partial charge is 0.488 e. The van der Waals surface area contributed by atoms with Gasteiger partial charge in [-0.1, -0.05) is 75.6 Å². The van der Waals surface area contributed by atoms with Gasteiger partial charge in [0.2, 0.25) is 0 Å². The van der Waals surface area contributed by atoms with E-state index in [2.05, 4.69) is 15.9 Å². The molecule has 0 atom stereocenters. The van der Waals surface area contributed by atoms with E-state index in [4.69, 9.17) is 16.3 Å². The van der Waals surface area contributed by atoms with Crippen LogP contribution in [0.15, 0.2) is 76.1 Å². The SMILES string of the molecule is Cc1cccc(CN2C(=O)S/C(=C\c3cc(Br)ccc3OCc3ccccc3Cl)C2=O)c1. The lowest BCUT2D eigenvalue weighted by Crippen LogP contribution is -2.27. The van der Waals surface area contributed by atoms with Crippen molar-refractivity contribution in [3.8, 4) is 5.75 Å². The predicted octanol–water partition coefficient (Wildman–Crippen LogP) is 7.23. The van der Waals surface area contributed by atoms with Gasteiger partial charge in [-0.3, -0.25) is 14.5 Å². The van der Waals surface area contributed by atoms with Gasteiger partial charge in [0.05, 0.1) is 11.4 Å². The van der Waals surface area contributed by atoms with Gasteiger partial charge >= 0.3 is 0 Å². The number of carbonyl (C=O) groups excluding carboxylic acids is 2. The topological polar surface area (TPSA) is 46.6 Å². The average Bonchev–Trinajstić information content (AvgIpc) is 3.02. The average molecular weight is 529 g/mol. The minimum absolute atomic E-state index is 0.248. The van der Waals surface area contributed by atoms with E-state index >= 15 is 0 Å². The van der Waals surface area contributed by atoms with Crippen LogP contribution in [0.1, 0.15) is 22.3 Å². The number of hydrogen-bond acceptors (Lipinski definition) is 4. The molecule has 7 heteroatoms. The highest BCUT2D eigenvalue weighted by Crippen LogP contribution is 2.36. The van der Waals surface area contributed by atoms with E-state index in [0.29, 0.717) is 21.2 Å². The van der Waals surface area contributed by atoms with Crippen molar-refractivity contribution in [2.45, 2.75) is 20.1 Å². The number of hydrogen-bond donors (Lipinski definition) is 0. The van der Waals surface area contributed by atoms with Crippen LogP contribution < -0.4 is 4.74 Å². The van der Waals surface area contributed by atoms with Crippen LogP contribution in [0.3, 0.4) is 0 Å². The summed E-state index contributed by atoms with van der Waals surface area (Å²) in [5, 5.41) is 0.347. The minimum Gasteiger partial charge on any atom is -0.488 e. The van der Waals surface area contributed by atoms with Gasteiger partial charge in [-0.25, -0.2) is 0 Å². The van der Waals surface area contributed by atoms with Crippen LogP contribution in [0.25, 0.3) is 6.08 Å². The van der Waals surface area contributed by atoms with E-state index in [1.807, 2.05) is 73.7 Å². The number of carbonyl (C=O) groups is 2. The van der Waals surface area contributed by atoms with Gasteiger partial charge in [-0.15, -0.1) is 0 Å². The molecule has 0 radical (unpaired) electrons. The lowest BCUT2D eigenvalue weighted by molar-refractivity contribution is -0.123. The molecular formula is C25H19BrClNO3S. The molecule has 0 unspecified atom stereocenters. The molecule has 0 N–H and O–H groups in total. The third kappa shape index (κ3) is 5.26. The Morgan fingerprint density at radius 3 is 2.66 bits per heavy atom. The third-order valence-corrected chi connectivity index (χ3v) is 6.67. The van der Waals surface area contributed by atoms with Gasteiger partial charge in [0.15, 0.2) is 0 Å². The van der Waals surface area contributed by atoms with Crippen LogP contribution in [0.2, 0.25) is 5.02 Å². The monoisotopic (exact) mass is 527 g/mol. The van der Waals surface area contributed by atoms with Gasteiger partial charge < -0.3 is 4.74 Å². The van der Waals surface area contributed by atoms with Crippen molar-refractivity contribution in [1.29, 1.82) is 0 Å². The molecule has 1 saturated heterocycles. The maximum absolute atomic E-state index is 13.0. The first-order valence-corrected chi connectivity index (χ1v) is 11.9. The number of nitrogens with zero attached hydrogens (tertiary/aromatic N) is 1. The molecule has 1 heterocycles. The molecule has 0 aromatic heterocycles. The number of thioether (sulfide) groups is 1. The number of aryl methyl sites for hydroxylation is 1. The van der Waals surface area contributed by atoms with E-state index in [1.54, 1.807) is 6.08 Å². The van der Waals surface area contributed by atoms with Crippen LogP contribution in [-0.4, -0.2) is 16.0 Å². The summed E-state index contributed by atoms with van der Waals surface area (Å²) in [5.41, 5.74) is 3.56. The van der Waals surface area contributed by atoms with Crippen molar-refractivity contribution < 1.29 is 14.3 Å². The fraction of sp³-hybridized carbons (Fsp3) is 0.120. The van der Waals surface area contributed by atoms with Crippen LogP contribution in [-0.2, 0) is 17.9 Å². The second-order valence-corrected chi connectivity index (χ2v) is 9.64. The Kier molecular flexibility index (Phi) is 7.04. The maximum atomic E-state index is 13.0. The van der Waals surface area contributed by atoms with Crippen LogP contribution in [0, 0.1) is 6.92 Å². The third-order valence-electron chi connectivity index (χ3n) is 4.90. The molecule has 1 aliphatic rings. The number of imide groups is 1. The van der Waals surface area contributed by atoms with Crippen molar-refractivity contribution in [3.63, 3.8) is 0 Å². The Morgan fingerprint density at radius 2 is 1.88 bits per heavy atom. The molecule has 0 saturated carbocycles. The first-order chi connectivity index (χ1) is 15.4. The van der Waals surface area contributed by atoms with E-state index < -0.39 is 0 Å². The zero-order valence-electron chi connectivity index (χ0n) is 17.2. The summed E-state index contributed by atoms with van der Waals surface area (Å²) < 4.78 is 6.84. The summed E-state index contributed by atoms with van der Waals surface area (Å²) in [6, 6.07) is 20.8. The highest BCUT2D eigenvalue weighted by atomic mass is 79.9. The number of benzene rings is 3. The molecule has 4 nitrogen and oxygen atoms in total. The smallest absolute Gasteiger partial charge is 0.293 e. The first kappa shape index (κ1) is 22.6. The lowest BCUT2D eigenvalue weighted by atomic mass is 10.1. The molecule has 1 aliphatic heterocycles.